The Morgan fingerprint density at radius 2 is 1.71 bits per heavy atom. The van der Waals surface area contributed by atoms with Gasteiger partial charge in [0, 0.05) is 10.6 Å². The highest BCUT2D eigenvalue weighted by molar-refractivity contribution is 6.30. The van der Waals surface area contributed by atoms with Crippen LogP contribution in [0.15, 0.2) is 48.5 Å². The van der Waals surface area contributed by atoms with E-state index in [0.29, 0.717) is 34.8 Å². The molecule has 0 aliphatic carbocycles. The molecule has 1 N–H and O–H groups in total. The van der Waals surface area contributed by atoms with Crippen molar-refractivity contribution in [2.24, 2.45) is 0 Å². The molecule has 0 atom stereocenters. The molecule has 0 radical (unpaired) electrons. The molecule has 0 saturated heterocycles. The van der Waals surface area contributed by atoms with Gasteiger partial charge in [-0.3, -0.25) is 0 Å². The highest BCUT2D eigenvalue weighted by Crippen LogP contribution is 2.33. The van der Waals surface area contributed by atoms with E-state index in [-0.39, 0.29) is 11.3 Å². The van der Waals surface area contributed by atoms with Crippen LogP contribution in [-0.2, 0) is 12.6 Å². The minimum absolute atomic E-state index is 0.0171. The lowest BCUT2D eigenvalue weighted by atomic mass is 10.0. The van der Waals surface area contributed by atoms with Crippen LogP contribution in [0.3, 0.4) is 0 Å². The van der Waals surface area contributed by atoms with E-state index >= 15 is 0 Å². The van der Waals surface area contributed by atoms with Gasteiger partial charge in [-0.15, -0.1) is 0 Å². The van der Waals surface area contributed by atoms with E-state index in [2.05, 4.69) is 5.10 Å². The Hall–Kier alpha value is -2.80. The maximum atomic E-state index is 12.8. The first-order valence-electron chi connectivity index (χ1n) is 8.51. The van der Waals surface area contributed by atoms with Crippen LogP contribution < -0.4 is 0 Å². The third-order valence-electron chi connectivity index (χ3n) is 4.24. The number of hydrogen-bond donors (Lipinski definition) is 1. The molecule has 0 aliphatic heterocycles. The summed E-state index contributed by atoms with van der Waals surface area (Å²) in [4.78, 5) is 12.0. The minimum atomic E-state index is -4.47. The summed E-state index contributed by atoms with van der Waals surface area (Å²) in [6.07, 6.45) is -3.35. The van der Waals surface area contributed by atoms with Crippen LogP contribution in [0, 0.1) is 0 Å². The van der Waals surface area contributed by atoms with Gasteiger partial charge in [0.2, 0.25) is 0 Å². The van der Waals surface area contributed by atoms with Crippen molar-refractivity contribution in [3.05, 3.63) is 70.4 Å². The zero-order valence-electron chi connectivity index (χ0n) is 14.8. The average molecular weight is 409 g/mol. The molecule has 1 aromatic heterocycles. The Balaban J connectivity index is 2.19. The van der Waals surface area contributed by atoms with E-state index in [0.717, 1.165) is 12.1 Å². The van der Waals surface area contributed by atoms with Crippen molar-refractivity contribution in [3.8, 4) is 16.9 Å². The second kappa shape index (κ2) is 7.67. The van der Waals surface area contributed by atoms with Crippen molar-refractivity contribution in [2.75, 3.05) is 0 Å². The van der Waals surface area contributed by atoms with Gasteiger partial charge in [-0.25, -0.2) is 9.48 Å². The minimum Gasteiger partial charge on any atom is -0.478 e. The predicted octanol–water partition coefficient (Wildman–Crippen LogP) is 5.86. The first-order chi connectivity index (χ1) is 13.2. The summed E-state index contributed by atoms with van der Waals surface area (Å²) < 4.78 is 40.0. The van der Waals surface area contributed by atoms with Gasteiger partial charge in [-0.2, -0.15) is 18.3 Å². The quantitative estimate of drug-likeness (QED) is 0.575. The fraction of sp³-hybridized carbons (Fsp3) is 0.200. The van der Waals surface area contributed by atoms with Crippen LogP contribution in [0.1, 0.15) is 35.0 Å². The number of alkyl halides is 3. The number of carboxylic acids is 1. The summed E-state index contributed by atoms with van der Waals surface area (Å²) in [5.41, 5.74) is 0.700. The van der Waals surface area contributed by atoms with E-state index in [1.807, 2.05) is 6.92 Å². The van der Waals surface area contributed by atoms with Gasteiger partial charge in [-0.05, 0) is 42.8 Å². The molecular formula is C20H16ClF3N2O2. The van der Waals surface area contributed by atoms with Gasteiger partial charge in [-0.1, -0.05) is 37.1 Å². The normalized spacial score (nSPS) is 11.6. The molecule has 3 rings (SSSR count). The second-order valence-corrected chi connectivity index (χ2v) is 6.63. The highest BCUT2D eigenvalue weighted by atomic mass is 35.5. The fourth-order valence-electron chi connectivity index (χ4n) is 2.96. The fourth-order valence-corrected chi connectivity index (χ4v) is 3.09. The number of aromatic nitrogens is 2. The van der Waals surface area contributed by atoms with E-state index in [1.54, 1.807) is 24.3 Å². The smallest absolute Gasteiger partial charge is 0.416 e. The monoisotopic (exact) mass is 408 g/mol. The molecule has 2 aromatic carbocycles. The van der Waals surface area contributed by atoms with E-state index in [1.165, 1.54) is 16.8 Å². The number of benzene rings is 2. The van der Waals surface area contributed by atoms with Crippen LogP contribution in [0.2, 0.25) is 5.02 Å². The number of aromatic carboxylic acids is 1. The molecule has 0 amide bonds. The van der Waals surface area contributed by atoms with Crippen molar-refractivity contribution in [2.45, 2.75) is 25.9 Å². The second-order valence-electron chi connectivity index (χ2n) is 6.19. The van der Waals surface area contributed by atoms with E-state index < -0.39 is 17.7 Å². The topological polar surface area (TPSA) is 55.1 Å². The number of carbonyl (C=O) groups is 1. The maximum absolute atomic E-state index is 12.8. The van der Waals surface area contributed by atoms with Crippen LogP contribution >= 0.6 is 11.6 Å². The molecule has 28 heavy (non-hydrogen) atoms. The van der Waals surface area contributed by atoms with Crippen molar-refractivity contribution in [1.29, 1.82) is 0 Å². The summed E-state index contributed by atoms with van der Waals surface area (Å²) in [6, 6.07) is 11.0. The predicted molar refractivity (Wildman–Crippen MR) is 100.0 cm³/mol. The third-order valence-corrected chi connectivity index (χ3v) is 4.49. The van der Waals surface area contributed by atoms with Gasteiger partial charge in [0.1, 0.15) is 11.3 Å². The van der Waals surface area contributed by atoms with Crippen LogP contribution in [0.5, 0.6) is 0 Å². The zero-order chi connectivity index (χ0) is 20.5. The molecule has 146 valence electrons. The zero-order valence-corrected chi connectivity index (χ0v) is 15.6. The summed E-state index contributed by atoms with van der Waals surface area (Å²) in [5, 5.41) is 14.7. The number of carboxylic acid groups (broad SMARTS) is 1. The molecule has 8 heteroatoms. The van der Waals surface area contributed by atoms with Crippen molar-refractivity contribution >= 4 is 17.6 Å². The molecular weight excluding hydrogens is 393 g/mol. The van der Waals surface area contributed by atoms with Gasteiger partial charge in [0.15, 0.2) is 0 Å². The van der Waals surface area contributed by atoms with Gasteiger partial charge < -0.3 is 5.11 Å². The lowest BCUT2D eigenvalue weighted by Gasteiger charge is -2.07. The average Bonchev–Trinajstić information content (AvgIpc) is 3.02. The van der Waals surface area contributed by atoms with Crippen molar-refractivity contribution < 1.29 is 23.1 Å². The van der Waals surface area contributed by atoms with Gasteiger partial charge in [0.05, 0.1) is 16.9 Å². The summed E-state index contributed by atoms with van der Waals surface area (Å²) in [6.45, 7) is 1.91. The first kappa shape index (κ1) is 19.9. The Bertz CT molecular complexity index is 994. The number of hydrogen-bond acceptors (Lipinski definition) is 2. The highest BCUT2D eigenvalue weighted by Gasteiger charge is 2.31. The van der Waals surface area contributed by atoms with Gasteiger partial charge in [0.25, 0.3) is 0 Å². The molecule has 0 saturated carbocycles. The Morgan fingerprint density at radius 1 is 1.11 bits per heavy atom. The van der Waals surface area contributed by atoms with E-state index in [9.17, 15) is 23.1 Å². The van der Waals surface area contributed by atoms with Crippen molar-refractivity contribution in [3.63, 3.8) is 0 Å². The first-order valence-corrected chi connectivity index (χ1v) is 8.89. The Kier molecular flexibility index (Phi) is 5.47. The number of nitrogens with zero attached hydrogens (tertiary/aromatic N) is 2. The van der Waals surface area contributed by atoms with E-state index in [4.69, 9.17) is 11.6 Å². The molecule has 0 fully saturated rings. The molecule has 1 heterocycles. The standard InChI is InChI=1S/C20H16ClF3N2O2/c1-2-3-16-17(19(27)28)18(12-4-6-13(7-5-12)20(22,23)24)25-26(16)15-10-8-14(21)9-11-15/h4-11H,2-3H2,1H3,(H,27,28). The third kappa shape index (κ3) is 3.89. The number of halogens is 4. The Morgan fingerprint density at radius 3 is 2.21 bits per heavy atom. The summed E-state index contributed by atoms with van der Waals surface area (Å²) >= 11 is 5.92. The molecule has 0 unspecified atom stereocenters. The SMILES string of the molecule is CCCc1c(C(=O)O)c(-c2ccc(C(F)(F)F)cc2)nn1-c1ccc(Cl)cc1. The molecule has 4 nitrogen and oxygen atoms in total. The lowest BCUT2D eigenvalue weighted by Crippen LogP contribution is -2.06. The molecule has 0 spiro atoms. The Labute approximate surface area is 164 Å². The van der Waals surface area contributed by atoms with Gasteiger partial charge >= 0.3 is 12.1 Å². The largest absolute Gasteiger partial charge is 0.478 e. The summed E-state index contributed by atoms with van der Waals surface area (Å²) in [7, 11) is 0. The molecule has 3 aromatic rings. The number of rotatable bonds is 5. The maximum Gasteiger partial charge on any atom is 0.416 e. The molecule has 0 bridgehead atoms. The van der Waals surface area contributed by atoms with Crippen LogP contribution in [0.4, 0.5) is 13.2 Å². The molecule has 0 aliphatic rings. The van der Waals surface area contributed by atoms with Crippen molar-refractivity contribution in [1.82, 2.24) is 9.78 Å². The lowest BCUT2D eigenvalue weighted by molar-refractivity contribution is -0.137. The summed E-state index contributed by atoms with van der Waals surface area (Å²) in [5.74, 6) is -1.18. The van der Waals surface area contributed by atoms with Crippen LogP contribution in [0.25, 0.3) is 16.9 Å². The van der Waals surface area contributed by atoms with Crippen LogP contribution in [-0.4, -0.2) is 20.9 Å².